The van der Waals surface area contributed by atoms with Gasteiger partial charge in [0.15, 0.2) is 0 Å². The van der Waals surface area contributed by atoms with Gasteiger partial charge in [-0.2, -0.15) is 18.2 Å². The molecule has 0 spiro atoms. The molecule has 3 rings (SSSR count). The molecule has 6 nitrogen and oxygen atoms in total. The van der Waals surface area contributed by atoms with Gasteiger partial charge in [0.1, 0.15) is 0 Å². The number of halogens is 3. The number of nitrogens with zero attached hydrogens (tertiary/aromatic N) is 3. The van der Waals surface area contributed by atoms with E-state index in [2.05, 4.69) is 29.3 Å². The average molecular weight is 446 g/mol. The first kappa shape index (κ1) is 23.5. The summed E-state index contributed by atoms with van der Waals surface area (Å²) in [4.78, 5) is 18.5. The van der Waals surface area contributed by atoms with E-state index < -0.39 is 17.6 Å². The number of alkyl halides is 3. The molecule has 170 valence electrons. The second-order valence-electron chi connectivity index (χ2n) is 7.68. The highest BCUT2D eigenvalue weighted by Gasteiger charge is 2.33. The van der Waals surface area contributed by atoms with Gasteiger partial charge in [-0.05, 0) is 30.2 Å². The van der Waals surface area contributed by atoms with Gasteiger partial charge < -0.3 is 9.84 Å². The van der Waals surface area contributed by atoms with Gasteiger partial charge in [0.2, 0.25) is 17.6 Å². The Bertz CT molecular complexity index is 1050. The van der Waals surface area contributed by atoms with E-state index in [-0.39, 0.29) is 18.8 Å². The summed E-state index contributed by atoms with van der Waals surface area (Å²) in [6.45, 7) is 6.59. The maximum Gasteiger partial charge on any atom is 0.418 e. The van der Waals surface area contributed by atoms with E-state index in [0.717, 1.165) is 11.6 Å². The van der Waals surface area contributed by atoms with Gasteiger partial charge in [0.05, 0.1) is 24.3 Å². The van der Waals surface area contributed by atoms with Crippen LogP contribution in [0.5, 0.6) is 0 Å². The second kappa shape index (κ2) is 9.95. The topological polar surface area (TPSA) is 71.3 Å². The van der Waals surface area contributed by atoms with E-state index in [9.17, 15) is 18.0 Å². The SMILES string of the molecule is CCN(CC(=O)Nc1ccccc1C(F)(F)F)Cc1nc(-c2ccc(C(C)C)cc2)no1. The molecular weight excluding hydrogens is 421 g/mol. The van der Waals surface area contributed by atoms with Crippen molar-refractivity contribution in [1.82, 2.24) is 15.0 Å². The van der Waals surface area contributed by atoms with Crippen molar-refractivity contribution in [2.75, 3.05) is 18.4 Å². The Morgan fingerprint density at radius 1 is 1.12 bits per heavy atom. The van der Waals surface area contributed by atoms with Gasteiger partial charge in [-0.25, -0.2) is 0 Å². The number of para-hydroxylation sites is 1. The first-order valence-electron chi connectivity index (χ1n) is 10.3. The zero-order valence-corrected chi connectivity index (χ0v) is 18.1. The molecule has 0 unspecified atom stereocenters. The van der Waals surface area contributed by atoms with Gasteiger partial charge >= 0.3 is 6.18 Å². The fourth-order valence-electron chi connectivity index (χ4n) is 3.16. The molecule has 1 amide bonds. The van der Waals surface area contributed by atoms with Crippen molar-refractivity contribution >= 4 is 11.6 Å². The Kier molecular flexibility index (Phi) is 7.29. The van der Waals surface area contributed by atoms with Crippen molar-refractivity contribution in [2.45, 2.75) is 39.4 Å². The third kappa shape index (κ3) is 5.94. The Labute approximate surface area is 184 Å². The average Bonchev–Trinajstić information content (AvgIpc) is 3.21. The van der Waals surface area contributed by atoms with Crippen LogP contribution in [0.1, 0.15) is 43.7 Å². The largest absolute Gasteiger partial charge is 0.418 e. The molecule has 0 saturated carbocycles. The lowest BCUT2D eigenvalue weighted by molar-refractivity contribution is -0.137. The number of nitrogens with one attached hydrogen (secondary N) is 1. The number of amides is 1. The minimum atomic E-state index is -4.55. The smallest absolute Gasteiger partial charge is 0.338 e. The van der Waals surface area contributed by atoms with E-state index in [1.807, 2.05) is 31.2 Å². The Morgan fingerprint density at radius 3 is 2.44 bits per heavy atom. The number of likely N-dealkylation sites (N-methyl/N-ethyl adjacent to an activating group) is 1. The zero-order chi connectivity index (χ0) is 23.3. The molecule has 1 heterocycles. The normalized spacial score (nSPS) is 11.9. The molecule has 1 N–H and O–H groups in total. The van der Waals surface area contributed by atoms with Crippen LogP contribution in [0.3, 0.4) is 0 Å². The molecule has 2 aromatic carbocycles. The van der Waals surface area contributed by atoms with Crippen molar-refractivity contribution in [1.29, 1.82) is 0 Å². The predicted octanol–water partition coefficient (Wildman–Crippen LogP) is 5.34. The maximum atomic E-state index is 13.1. The molecule has 3 aromatic rings. The van der Waals surface area contributed by atoms with Crippen molar-refractivity contribution in [2.24, 2.45) is 0 Å². The minimum absolute atomic E-state index is 0.122. The van der Waals surface area contributed by atoms with Crippen molar-refractivity contribution in [3.8, 4) is 11.4 Å². The van der Waals surface area contributed by atoms with Crippen LogP contribution in [0.2, 0.25) is 0 Å². The van der Waals surface area contributed by atoms with E-state index in [0.29, 0.717) is 24.2 Å². The molecule has 0 aliphatic carbocycles. The molecule has 0 bridgehead atoms. The molecule has 9 heteroatoms. The third-order valence-electron chi connectivity index (χ3n) is 4.98. The number of rotatable bonds is 8. The first-order chi connectivity index (χ1) is 15.2. The van der Waals surface area contributed by atoms with Crippen LogP contribution in [0.15, 0.2) is 53.1 Å². The van der Waals surface area contributed by atoms with Crippen LogP contribution in [0.25, 0.3) is 11.4 Å². The standard InChI is InChI=1S/C23H25F3N4O2/c1-4-30(13-20(31)27-19-8-6-5-7-18(19)23(24,25)26)14-21-28-22(29-32-21)17-11-9-16(10-12-17)15(2)3/h5-12,15H,4,13-14H2,1-3H3,(H,27,31). The predicted molar refractivity (Wildman–Crippen MR) is 115 cm³/mol. The molecular formula is C23H25F3N4O2. The third-order valence-corrected chi connectivity index (χ3v) is 4.98. The summed E-state index contributed by atoms with van der Waals surface area (Å²) in [5.74, 6) is 0.609. The van der Waals surface area contributed by atoms with Crippen LogP contribution < -0.4 is 5.32 Å². The van der Waals surface area contributed by atoms with Crippen molar-refractivity contribution in [3.05, 3.63) is 65.5 Å². The summed E-state index contributed by atoms with van der Waals surface area (Å²) in [7, 11) is 0. The maximum absolute atomic E-state index is 13.1. The van der Waals surface area contributed by atoms with Crippen LogP contribution in [-0.2, 0) is 17.5 Å². The first-order valence-corrected chi connectivity index (χ1v) is 10.3. The summed E-state index contributed by atoms with van der Waals surface area (Å²) in [6, 6.07) is 12.7. The number of carbonyl (C=O) groups excluding carboxylic acids is 1. The summed E-state index contributed by atoms with van der Waals surface area (Å²) >= 11 is 0. The number of anilines is 1. The Hall–Kier alpha value is -3.20. The fraction of sp³-hybridized carbons (Fsp3) is 0.348. The van der Waals surface area contributed by atoms with Crippen molar-refractivity contribution in [3.63, 3.8) is 0 Å². The van der Waals surface area contributed by atoms with E-state index >= 15 is 0 Å². The van der Waals surface area contributed by atoms with Crippen LogP contribution >= 0.6 is 0 Å². The van der Waals surface area contributed by atoms with E-state index in [1.54, 1.807) is 4.90 Å². The van der Waals surface area contributed by atoms with Crippen LogP contribution in [-0.4, -0.2) is 34.0 Å². The summed E-state index contributed by atoms with van der Waals surface area (Å²) < 4.78 is 44.7. The number of hydrogen-bond donors (Lipinski definition) is 1. The molecule has 1 aromatic heterocycles. The molecule has 0 atom stereocenters. The highest BCUT2D eigenvalue weighted by atomic mass is 19.4. The number of aromatic nitrogens is 2. The summed E-state index contributed by atoms with van der Waals surface area (Å²) in [5, 5.41) is 6.34. The molecule has 0 aliphatic rings. The van der Waals surface area contributed by atoms with Gasteiger partial charge in [-0.1, -0.05) is 62.3 Å². The van der Waals surface area contributed by atoms with Gasteiger partial charge in [-0.15, -0.1) is 0 Å². The number of benzene rings is 2. The Balaban J connectivity index is 1.63. The Morgan fingerprint density at radius 2 is 1.81 bits per heavy atom. The lowest BCUT2D eigenvalue weighted by atomic mass is 10.0. The van der Waals surface area contributed by atoms with Gasteiger partial charge in [-0.3, -0.25) is 9.69 Å². The lowest BCUT2D eigenvalue weighted by Crippen LogP contribution is -2.33. The quantitative estimate of drug-likeness (QED) is 0.506. The monoisotopic (exact) mass is 446 g/mol. The molecule has 32 heavy (non-hydrogen) atoms. The minimum Gasteiger partial charge on any atom is -0.338 e. The van der Waals surface area contributed by atoms with Gasteiger partial charge in [0.25, 0.3) is 0 Å². The lowest BCUT2D eigenvalue weighted by Gasteiger charge is -2.19. The van der Waals surface area contributed by atoms with Gasteiger partial charge in [0, 0.05) is 5.56 Å². The number of carbonyl (C=O) groups is 1. The highest BCUT2D eigenvalue weighted by Crippen LogP contribution is 2.34. The zero-order valence-electron chi connectivity index (χ0n) is 18.1. The molecule has 0 aliphatic heterocycles. The summed E-state index contributed by atoms with van der Waals surface area (Å²) in [6.07, 6.45) is -4.55. The molecule has 0 fully saturated rings. The van der Waals surface area contributed by atoms with Crippen LogP contribution in [0, 0.1) is 0 Å². The fourth-order valence-corrected chi connectivity index (χ4v) is 3.16. The van der Waals surface area contributed by atoms with Crippen LogP contribution in [0.4, 0.5) is 18.9 Å². The van der Waals surface area contributed by atoms with E-state index in [1.165, 1.54) is 23.8 Å². The molecule has 0 radical (unpaired) electrons. The highest BCUT2D eigenvalue weighted by molar-refractivity contribution is 5.93. The summed E-state index contributed by atoms with van der Waals surface area (Å²) in [5.41, 5.74) is 0.856. The van der Waals surface area contributed by atoms with Crippen molar-refractivity contribution < 1.29 is 22.5 Å². The number of hydrogen-bond acceptors (Lipinski definition) is 5. The van der Waals surface area contributed by atoms with E-state index in [4.69, 9.17) is 4.52 Å². The second-order valence-corrected chi connectivity index (χ2v) is 7.68. The molecule has 0 saturated heterocycles.